The van der Waals surface area contributed by atoms with Crippen molar-refractivity contribution < 1.29 is 14.7 Å². The Hall–Kier alpha value is -2.19. The number of hydrogen-bond donors (Lipinski definition) is 2. The predicted octanol–water partition coefficient (Wildman–Crippen LogP) is 1.74. The van der Waals surface area contributed by atoms with Gasteiger partial charge in [0.2, 0.25) is 0 Å². The number of carbonyl (C=O) groups is 2. The zero-order chi connectivity index (χ0) is 17.3. The Morgan fingerprint density at radius 3 is 2.50 bits per heavy atom. The number of H-pyrrole nitrogens is 1. The van der Waals surface area contributed by atoms with Gasteiger partial charge < -0.3 is 10.0 Å². The van der Waals surface area contributed by atoms with E-state index >= 15 is 0 Å². The Balaban J connectivity index is 1.57. The van der Waals surface area contributed by atoms with Gasteiger partial charge in [-0.25, -0.2) is 4.79 Å². The Bertz CT molecular complexity index is 740. The van der Waals surface area contributed by atoms with E-state index in [0.717, 1.165) is 35.9 Å². The predicted molar refractivity (Wildman–Crippen MR) is 90.5 cm³/mol. The van der Waals surface area contributed by atoms with Gasteiger partial charge in [0.1, 0.15) is 4.88 Å². The van der Waals surface area contributed by atoms with Crippen molar-refractivity contribution in [2.24, 2.45) is 0 Å². The van der Waals surface area contributed by atoms with Gasteiger partial charge in [-0.3, -0.25) is 14.8 Å². The first-order valence-corrected chi connectivity index (χ1v) is 8.62. The molecule has 0 saturated carbocycles. The highest BCUT2D eigenvalue weighted by atomic mass is 32.1. The minimum absolute atomic E-state index is 0.0303. The van der Waals surface area contributed by atoms with Crippen molar-refractivity contribution in [2.75, 3.05) is 26.2 Å². The molecular weight excluding hydrogens is 328 g/mol. The normalized spacial score (nSPS) is 15.7. The van der Waals surface area contributed by atoms with Crippen molar-refractivity contribution in [1.29, 1.82) is 0 Å². The summed E-state index contributed by atoms with van der Waals surface area (Å²) in [5.74, 6) is -0.852. The second-order valence-corrected chi connectivity index (χ2v) is 7.12. The second kappa shape index (κ2) is 6.74. The number of hydrogen-bond acceptors (Lipinski definition) is 5. The number of piperazine rings is 1. The molecule has 0 aromatic carbocycles. The molecule has 3 heterocycles. The number of aromatic nitrogens is 2. The number of thiophene rings is 1. The SMILES string of the molecule is Cc1n[nH]c(C)c1C(=O)N1CCN(Cc2ccc(C(=O)O)s2)CC1. The van der Waals surface area contributed by atoms with Crippen LogP contribution in [-0.2, 0) is 6.54 Å². The first-order chi connectivity index (χ1) is 11.5. The molecule has 0 bridgehead atoms. The maximum atomic E-state index is 12.6. The van der Waals surface area contributed by atoms with E-state index in [4.69, 9.17) is 5.11 Å². The van der Waals surface area contributed by atoms with Gasteiger partial charge in [-0.1, -0.05) is 0 Å². The summed E-state index contributed by atoms with van der Waals surface area (Å²) in [5.41, 5.74) is 2.22. The summed E-state index contributed by atoms with van der Waals surface area (Å²) < 4.78 is 0. The number of amides is 1. The number of aromatic amines is 1. The summed E-state index contributed by atoms with van der Waals surface area (Å²) in [5, 5.41) is 15.9. The Morgan fingerprint density at radius 1 is 1.25 bits per heavy atom. The summed E-state index contributed by atoms with van der Waals surface area (Å²) >= 11 is 1.31. The lowest BCUT2D eigenvalue weighted by atomic mass is 10.1. The third kappa shape index (κ3) is 3.34. The summed E-state index contributed by atoms with van der Waals surface area (Å²) in [4.78, 5) is 29.1. The van der Waals surface area contributed by atoms with Gasteiger partial charge in [0.25, 0.3) is 5.91 Å². The van der Waals surface area contributed by atoms with Crippen molar-refractivity contribution in [3.8, 4) is 0 Å². The fourth-order valence-electron chi connectivity index (χ4n) is 2.93. The molecule has 24 heavy (non-hydrogen) atoms. The van der Waals surface area contributed by atoms with E-state index in [9.17, 15) is 9.59 Å². The highest BCUT2D eigenvalue weighted by Crippen LogP contribution is 2.20. The van der Waals surface area contributed by atoms with Crippen LogP contribution in [-0.4, -0.2) is 63.2 Å². The summed E-state index contributed by atoms with van der Waals surface area (Å²) in [6, 6.07) is 3.51. The van der Waals surface area contributed by atoms with Crippen LogP contribution in [0.15, 0.2) is 12.1 Å². The molecule has 8 heteroatoms. The van der Waals surface area contributed by atoms with Gasteiger partial charge >= 0.3 is 5.97 Å². The highest BCUT2D eigenvalue weighted by molar-refractivity contribution is 7.13. The average molecular weight is 348 g/mol. The standard InChI is InChI=1S/C16H20N4O3S/c1-10-14(11(2)18-17-10)15(21)20-7-5-19(6-8-20)9-12-3-4-13(24-12)16(22)23/h3-4H,5-9H2,1-2H3,(H,17,18)(H,22,23). The van der Waals surface area contributed by atoms with E-state index in [1.165, 1.54) is 11.3 Å². The lowest BCUT2D eigenvalue weighted by Crippen LogP contribution is -2.48. The van der Waals surface area contributed by atoms with Crippen molar-refractivity contribution in [3.05, 3.63) is 38.8 Å². The van der Waals surface area contributed by atoms with Crippen LogP contribution in [0.25, 0.3) is 0 Å². The largest absolute Gasteiger partial charge is 0.477 e. The Labute approximate surface area is 143 Å². The van der Waals surface area contributed by atoms with Crippen LogP contribution in [0.4, 0.5) is 0 Å². The van der Waals surface area contributed by atoms with E-state index in [1.54, 1.807) is 6.07 Å². The van der Waals surface area contributed by atoms with Crippen molar-refractivity contribution >= 4 is 23.2 Å². The zero-order valence-electron chi connectivity index (χ0n) is 13.7. The highest BCUT2D eigenvalue weighted by Gasteiger charge is 2.25. The molecule has 1 amide bonds. The first kappa shape index (κ1) is 16.7. The van der Waals surface area contributed by atoms with Gasteiger partial charge in [0.15, 0.2) is 0 Å². The molecule has 7 nitrogen and oxygen atoms in total. The fraction of sp³-hybridized carbons (Fsp3) is 0.438. The minimum atomic E-state index is -0.882. The number of carbonyl (C=O) groups excluding carboxylic acids is 1. The second-order valence-electron chi connectivity index (χ2n) is 5.95. The number of aryl methyl sites for hydroxylation is 2. The van der Waals surface area contributed by atoms with Crippen molar-refractivity contribution in [2.45, 2.75) is 20.4 Å². The molecule has 128 valence electrons. The van der Waals surface area contributed by atoms with Gasteiger partial charge in [0, 0.05) is 43.3 Å². The van der Waals surface area contributed by atoms with Crippen molar-refractivity contribution in [3.63, 3.8) is 0 Å². The molecule has 3 rings (SSSR count). The molecule has 0 unspecified atom stereocenters. The lowest BCUT2D eigenvalue weighted by Gasteiger charge is -2.34. The molecule has 1 fully saturated rings. The number of rotatable bonds is 4. The van der Waals surface area contributed by atoms with Gasteiger partial charge in [-0.2, -0.15) is 5.10 Å². The van der Waals surface area contributed by atoms with Crippen LogP contribution in [0.2, 0.25) is 0 Å². The number of nitrogens with one attached hydrogen (secondary N) is 1. The van der Waals surface area contributed by atoms with Crippen LogP contribution in [0.1, 0.15) is 36.3 Å². The molecule has 2 N–H and O–H groups in total. The molecule has 1 aliphatic heterocycles. The van der Waals surface area contributed by atoms with Gasteiger partial charge in [-0.15, -0.1) is 11.3 Å². The van der Waals surface area contributed by atoms with Crippen molar-refractivity contribution in [1.82, 2.24) is 20.0 Å². The van der Waals surface area contributed by atoms with E-state index in [0.29, 0.717) is 23.5 Å². The lowest BCUT2D eigenvalue weighted by molar-refractivity contribution is 0.0627. The maximum absolute atomic E-state index is 12.6. The fourth-order valence-corrected chi connectivity index (χ4v) is 3.82. The van der Waals surface area contributed by atoms with Crippen LogP contribution in [0, 0.1) is 13.8 Å². The van der Waals surface area contributed by atoms with E-state index in [-0.39, 0.29) is 5.91 Å². The van der Waals surface area contributed by atoms with E-state index in [1.807, 2.05) is 24.8 Å². The Morgan fingerprint density at radius 2 is 1.96 bits per heavy atom. The number of aromatic carboxylic acids is 1. The van der Waals surface area contributed by atoms with E-state index < -0.39 is 5.97 Å². The van der Waals surface area contributed by atoms with Crippen LogP contribution in [0.3, 0.4) is 0 Å². The smallest absolute Gasteiger partial charge is 0.345 e. The molecule has 2 aromatic rings. The third-order valence-electron chi connectivity index (χ3n) is 4.25. The maximum Gasteiger partial charge on any atom is 0.345 e. The monoisotopic (exact) mass is 348 g/mol. The zero-order valence-corrected chi connectivity index (χ0v) is 14.5. The molecule has 1 aliphatic rings. The van der Waals surface area contributed by atoms with E-state index in [2.05, 4.69) is 15.1 Å². The van der Waals surface area contributed by atoms with Crippen LogP contribution >= 0.6 is 11.3 Å². The third-order valence-corrected chi connectivity index (χ3v) is 5.31. The van der Waals surface area contributed by atoms with Crippen LogP contribution in [0.5, 0.6) is 0 Å². The number of carboxylic acid groups (broad SMARTS) is 1. The molecule has 0 radical (unpaired) electrons. The summed E-state index contributed by atoms with van der Waals surface area (Å²) in [6.07, 6.45) is 0. The summed E-state index contributed by atoms with van der Waals surface area (Å²) in [6.45, 7) is 7.32. The molecule has 0 aliphatic carbocycles. The molecule has 2 aromatic heterocycles. The minimum Gasteiger partial charge on any atom is -0.477 e. The van der Waals surface area contributed by atoms with Gasteiger partial charge in [-0.05, 0) is 26.0 Å². The molecule has 1 saturated heterocycles. The first-order valence-electron chi connectivity index (χ1n) is 7.81. The van der Waals surface area contributed by atoms with Gasteiger partial charge in [0.05, 0.1) is 11.3 Å². The number of carboxylic acids is 1. The molecular formula is C16H20N4O3S. The quantitative estimate of drug-likeness (QED) is 0.878. The summed E-state index contributed by atoms with van der Waals surface area (Å²) in [7, 11) is 0. The average Bonchev–Trinajstić information content (AvgIpc) is 3.15. The Kier molecular flexibility index (Phi) is 4.68. The molecule has 0 spiro atoms. The number of nitrogens with zero attached hydrogens (tertiary/aromatic N) is 3. The topological polar surface area (TPSA) is 89.5 Å². The van der Waals surface area contributed by atoms with Crippen LogP contribution < -0.4 is 0 Å². The molecule has 0 atom stereocenters.